The van der Waals surface area contributed by atoms with Crippen LogP contribution < -0.4 is 14.5 Å². The van der Waals surface area contributed by atoms with E-state index in [9.17, 15) is 13.2 Å². The van der Waals surface area contributed by atoms with Crippen LogP contribution in [0.25, 0.3) is 0 Å². The number of rotatable bonds is 4. The van der Waals surface area contributed by atoms with Crippen LogP contribution in [0, 0.1) is 6.92 Å². The summed E-state index contributed by atoms with van der Waals surface area (Å²) in [5, 5.41) is 0. The molecule has 0 spiro atoms. The number of ether oxygens (including phenoxy) is 1. The number of aryl methyl sites for hydroxylation is 1. The number of hydrogen-bond acceptors (Lipinski definition) is 4. The van der Waals surface area contributed by atoms with E-state index in [4.69, 9.17) is 4.74 Å². The summed E-state index contributed by atoms with van der Waals surface area (Å²) in [6.07, 6.45) is 0. The molecule has 2 amide bonds. The molecule has 0 aromatic heterocycles. The molecular weight excluding hydrogens is 364 g/mol. The fraction of sp³-hybridized carbons (Fsp3) is 0.350. The molecule has 7 heteroatoms. The minimum Gasteiger partial charge on any atom is -0.494 e. The van der Waals surface area contributed by atoms with E-state index < -0.39 is 9.84 Å². The fourth-order valence-corrected chi connectivity index (χ4v) is 5.91. The summed E-state index contributed by atoms with van der Waals surface area (Å²) in [4.78, 5) is 16.6. The van der Waals surface area contributed by atoms with Gasteiger partial charge in [0.05, 0.1) is 30.2 Å². The number of hydrogen-bond donors (Lipinski definition) is 0. The van der Waals surface area contributed by atoms with E-state index in [2.05, 4.69) is 0 Å². The Morgan fingerprint density at radius 3 is 2.26 bits per heavy atom. The molecule has 4 rings (SSSR count). The minimum atomic E-state index is -3.20. The second kappa shape index (κ2) is 6.56. The summed E-state index contributed by atoms with van der Waals surface area (Å²) in [6, 6.07) is 13.9. The lowest BCUT2D eigenvalue weighted by Crippen LogP contribution is -2.38. The van der Waals surface area contributed by atoms with E-state index in [0.717, 1.165) is 17.0 Å². The molecule has 2 aliphatic rings. The van der Waals surface area contributed by atoms with Gasteiger partial charge in [-0.2, -0.15) is 0 Å². The number of carbonyl (C=O) groups is 1. The van der Waals surface area contributed by atoms with Crippen molar-refractivity contribution < 1.29 is 17.9 Å². The second-order valence-corrected chi connectivity index (χ2v) is 9.10. The summed E-state index contributed by atoms with van der Waals surface area (Å²) < 4.78 is 30.2. The largest absolute Gasteiger partial charge is 0.494 e. The Kier molecular flexibility index (Phi) is 4.34. The maximum absolute atomic E-state index is 13.3. The SMILES string of the molecule is CCOc1ccc(N2C(=O)N(c3ccccc3C)C3CS(=O)(=O)CC32)cc1. The van der Waals surface area contributed by atoms with Crippen molar-refractivity contribution in [2.75, 3.05) is 27.9 Å². The average molecular weight is 386 g/mol. The molecule has 2 unspecified atom stereocenters. The molecule has 0 saturated carbocycles. The zero-order valence-corrected chi connectivity index (χ0v) is 16.1. The van der Waals surface area contributed by atoms with Crippen molar-refractivity contribution in [3.05, 3.63) is 54.1 Å². The number of para-hydroxylation sites is 1. The summed E-state index contributed by atoms with van der Waals surface area (Å²) in [5.41, 5.74) is 2.40. The van der Waals surface area contributed by atoms with Crippen LogP contribution in [0.5, 0.6) is 5.75 Å². The van der Waals surface area contributed by atoms with Crippen LogP contribution in [0.4, 0.5) is 16.2 Å². The van der Waals surface area contributed by atoms with Crippen molar-refractivity contribution in [2.45, 2.75) is 25.9 Å². The molecule has 2 aliphatic heterocycles. The van der Waals surface area contributed by atoms with Gasteiger partial charge in [-0.1, -0.05) is 18.2 Å². The van der Waals surface area contributed by atoms with Crippen molar-refractivity contribution >= 4 is 27.2 Å². The molecule has 2 aromatic rings. The van der Waals surface area contributed by atoms with E-state index in [1.807, 2.05) is 50.2 Å². The smallest absolute Gasteiger partial charge is 0.329 e. The highest BCUT2D eigenvalue weighted by molar-refractivity contribution is 7.91. The van der Waals surface area contributed by atoms with Gasteiger partial charge in [0.2, 0.25) is 0 Å². The molecule has 0 N–H and O–H groups in total. The van der Waals surface area contributed by atoms with E-state index in [1.54, 1.807) is 21.9 Å². The Bertz CT molecular complexity index is 972. The van der Waals surface area contributed by atoms with Crippen molar-refractivity contribution in [2.24, 2.45) is 0 Å². The first kappa shape index (κ1) is 17.9. The Labute approximate surface area is 159 Å². The van der Waals surface area contributed by atoms with Gasteiger partial charge in [-0.25, -0.2) is 13.2 Å². The Hall–Kier alpha value is -2.54. The van der Waals surface area contributed by atoms with Gasteiger partial charge in [0, 0.05) is 11.4 Å². The third kappa shape index (κ3) is 3.06. The van der Waals surface area contributed by atoms with Gasteiger partial charge >= 0.3 is 6.03 Å². The second-order valence-electron chi connectivity index (χ2n) is 6.95. The normalized spacial score (nSPS) is 23.6. The van der Waals surface area contributed by atoms with Crippen molar-refractivity contribution in [1.29, 1.82) is 0 Å². The Morgan fingerprint density at radius 2 is 1.63 bits per heavy atom. The highest BCUT2D eigenvalue weighted by atomic mass is 32.2. The number of sulfone groups is 1. The first-order chi connectivity index (χ1) is 12.9. The predicted octanol–water partition coefficient (Wildman–Crippen LogP) is 3.01. The molecule has 0 bridgehead atoms. The molecule has 2 fully saturated rings. The third-order valence-corrected chi connectivity index (χ3v) is 6.87. The van der Waals surface area contributed by atoms with Crippen LogP contribution in [0.2, 0.25) is 0 Å². The molecule has 6 nitrogen and oxygen atoms in total. The molecule has 2 heterocycles. The molecule has 0 radical (unpaired) electrons. The molecule has 27 heavy (non-hydrogen) atoms. The number of fused-ring (bicyclic) bond motifs is 1. The van der Waals surface area contributed by atoms with Crippen LogP contribution in [0.1, 0.15) is 12.5 Å². The van der Waals surface area contributed by atoms with Gasteiger partial charge in [-0.3, -0.25) is 9.80 Å². The number of amides is 2. The van der Waals surface area contributed by atoms with Crippen LogP contribution in [0.15, 0.2) is 48.5 Å². The topological polar surface area (TPSA) is 66.9 Å². The summed E-state index contributed by atoms with van der Waals surface area (Å²) in [6.45, 7) is 4.40. The Morgan fingerprint density at radius 1 is 1.00 bits per heavy atom. The van der Waals surface area contributed by atoms with E-state index in [0.29, 0.717) is 12.3 Å². The number of urea groups is 1. The highest BCUT2D eigenvalue weighted by Crippen LogP contribution is 2.39. The first-order valence-electron chi connectivity index (χ1n) is 9.02. The first-order valence-corrected chi connectivity index (χ1v) is 10.8. The Balaban J connectivity index is 1.76. The average Bonchev–Trinajstić information content (AvgIpc) is 3.06. The standard InChI is InChI=1S/C20H22N2O4S/c1-3-26-16-10-8-15(9-11-16)21-18-12-27(24,25)13-19(18)22(20(21)23)17-7-5-4-6-14(17)2/h4-11,18-19H,3,12-13H2,1-2H3. The zero-order chi connectivity index (χ0) is 19.2. The van der Waals surface area contributed by atoms with Gasteiger partial charge in [0.15, 0.2) is 9.84 Å². The predicted molar refractivity (Wildman–Crippen MR) is 105 cm³/mol. The molecule has 2 saturated heterocycles. The van der Waals surface area contributed by atoms with Crippen LogP contribution in [-0.4, -0.2) is 44.6 Å². The number of anilines is 2. The van der Waals surface area contributed by atoms with Crippen LogP contribution in [0.3, 0.4) is 0 Å². The van der Waals surface area contributed by atoms with Crippen molar-refractivity contribution in [1.82, 2.24) is 0 Å². The van der Waals surface area contributed by atoms with Gasteiger partial charge in [0.25, 0.3) is 0 Å². The fourth-order valence-electron chi connectivity index (χ4n) is 3.99. The number of benzene rings is 2. The van der Waals surface area contributed by atoms with Gasteiger partial charge in [0.1, 0.15) is 5.75 Å². The lowest BCUT2D eigenvalue weighted by Gasteiger charge is -2.24. The minimum absolute atomic E-state index is 0.00866. The maximum Gasteiger partial charge on any atom is 0.329 e. The van der Waals surface area contributed by atoms with Crippen molar-refractivity contribution in [3.63, 3.8) is 0 Å². The maximum atomic E-state index is 13.3. The monoisotopic (exact) mass is 386 g/mol. The van der Waals surface area contributed by atoms with Gasteiger partial charge in [-0.15, -0.1) is 0 Å². The molecule has 2 atom stereocenters. The quantitative estimate of drug-likeness (QED) is 0.758. The van der Waals surface area contributed by atoms with Crippen molar-refractivity contribution in [3.8, 4) is 5.75 Å². The number of carbonyl (C=O) groups excluding carboxylic acids is 1. The van der Waals surface area contributed by atoms with E-state index >= 15 is 0 Å². The highest BCUT2D eigenvalue weighted by Gasteiger charge is 2.54. The third-order valence-electron chi connectivity index (χ3n) is 5.17. The summed E-state index contributed by atoms with van der Waals surface area (Å²) in [7, 11) is -3.20. The zero-order valence-electron chi connectivity index (χ0n) is 15.3. The summed E-state index contributed by atoms with van der Waals surface area (Å²) in [5.74, 6) is 0.698. The molecule has 2 aromatic carbocycles. The lowest BCUT2D eigenvalue weighted by atomic mass is 10.1. The van der Waals surface area contributed by atoms with E-state index in [-0.39, 0.29) is 29.6 Å². The van der Waals surface area contributed by atoms with Gasteiger partial charge in [-0.05, 0) is 49.7 Å². The molecule has 142 valence electrons. The van der Waals surface area contributed by atoms with Crippen LogP contribution in [-0.2, 0) is 9.84 Å². The summed E-state index contributed by atoms with van der Waals surface area (Å²) >= 11 is 0. The van der Waals surface area contributed by atoms with E-state index in [1.165, 1.54) is 0 Å². The molecule has 0 aliphatic carbocycles. The number of nitrogens with zero attached hydrogens (tertiary/aromatic N) is 2. The van der Waals surface area contributed by atoms with Crippen LogP contribution >= 0.6 is 0 Å². The van der Waals surface area contributed by atoms with Gasteiger partial charge < -0.3 is 4.74 Å². The molecular formula is C20H22N2O4S. The lowest BCUT2D eigenvalue weighted by molar-refractivity contribution is 0.255.